The van der Waals surface area contributed by atoms with Gasteiger partial charge in [0.1, 0.15) is 0 Å². The zero-order valence-electron chi connectivity index (χ0n) is 16.5. The molecule has 1 aliphatic heterocycles. The highest BCUT2D eigenvalue weighted by atomic mass is 32.2. The molecule has 1 aliphatic rings. The topological polar surface area (TPSA) is 79.0 Å². The number of rotatable bonds is 9. The summed E-state index contributed by atoms with van der Waals surface area (Å²) in [6, 6.07) is 7.67. The molecule has 1 saturated heterocycles. The molecule has 1 aromatic carbocycles. The fourth-order valence-corrected chi connectivity index (χ4v) is 3.80. The van der Waals surface area contributed by atoms with Gasteiger partial charge in [0, 0.05) is 32.6 Å². The summed E-state index contributed by atoms with van der Waals surface area (Å²) in [5, 5.41) is 2.94. The van der Waals surface area contributed by atoms with Crippen molar-refractivity contribution in [2.75, 3.05) is 55.9 Å². The summed E-state index contributed by atoms with van der Waals surface area (Å²) in [4.78, 5) is 14.6. The minimum atomic E-state index is -3.32. The van der Waals surface area contributed by atoms with Crippen molar-refractivity contribution in [2.24, 2.45) is 5.92 Å². The smallest absolute Gasteiger partial charge is 0.225 e. The van der Waals surface area contributed by atoms with Crippen molar-refractivity contribution in [1.82, 2.24) is 4.31 Å². The zero-order chi connectivity index (χ0) is 19.9. The number of anilines is 2. The van der Waals surface area contributed by atoms with Crippen LogP contribution in [-0.4, -0.2) is 64.3 Å². The molecule has 0 bridgehead atoms. The molecule has 0 saturated carbocycles. The summed E-state index contributed by atoms with van der Waals surface area (Å²) in [6.07, 6.45) is 2.09. The maximum Gasteiger partial charge on any atom is 0.225 e. The lowest BCUT2D eigenvalue weighted by Gasteiger charge is -2.30. The quantitative estimate of drug-likeness (QED) is 0.691. The Balaban J connectivity index is 1.96. The molecule has 0 atom stereocenters. The van der Waals surface area contributed by atoms with Gasteiger partial charge in [0.25, 0.3) is 0 Å². The van der Waals surface area contributed by atoms with Crippen LogP contribution >= 0.6 is 0 Å². The molecule has 0 spiro atoms. The van der Waals surface area contributed by atoms with Crippen LogP contribution in [0.4, 0.5) is 11.4 Å². The van der Waals surface area contributed by atoms with Crippen LogP contribution < -0.4 is 10.2 Å². The molecule has 0 aromatic heterocycles. The van der Waals surface area contributed by atoms with Crippen LogP contribution in [0.2, 0.25) is 0 Å². The first-order chi connectivity index (χ1) is 12.8. The van der Waals surface area contributed by atoms with E-state index in [1.165, 1.54) is 10.6 Å². The second-order valence-electron chi connectivity index (χ2n) is 7.26. The van der Waals surface area contributed by atoms with E-state index < -0.39 is 10.0 Å². The fourth-order valence-electron chi connectivity index (χ4n) is 2.94. The maximum absolute atomic E-state index is 12.4. The van der Waals surface area contributed by atoms with Gasteiger partial charge in [-0.3, -0.25) is 4.79 Å². The first-order valence-electron chi connectivity index (χ1n) is 9.44. The second-order valence-corrected chi connectivity index (χ2v) is 9.24. The normalized spacial score (nSPS) is 15.4. The monoisotopic (exact) mass is 397 g/mol. The Morgan fingerprint density at radius 3 is 2.52 bits per heavy atom. The van der Waals surface area contributed by atoms with Crippen LogP contribution in [0.5, 0.6) is 0 Å². The SMILES string of the molecule is CC(C)CCN(CCC(=O)Nc1ccccc1N1CCOCC1)S(C)(=O)=O. The Hall–Kier alpha value is -1.64. The van der Waals surface area contributed by atoms with Crippen molar-refractivity contribution in [1.29, 1.82) is 0 Å². The van der Waals surface area contributed by atoms with Crippen LogP contribution in [0, 0.1) is 5.92 Å². The molecule has 1 heterocycles. The first kappa shape index (κ1) is 21.7. The van der Waals surface area contributed by atoms with Crippen LogP contribution in [0.15, 0.2) is 24.3 Å². The van der Waals surface area contributed by atoms with Crippen molar-refractivity contribution in [3.05, 3.63) is 24.3 Å². The van der Waals surface area contributed by atoms with Gasteiger partial charge in [-0.05, 0) is 24.5 Å². The zero-order valence-corrected chi connectivity index (χ0v) is 17.3. The van der Waals surface area contributed by atoms with Gasteiger partial charge in [0.15, 0.2) is 0 Å². The van der Waals surface area contributed by atoms with E-state index in [4.69, 9.17) is 4.74 Å². The lowest BCUT2D eigenvalue weighted by Crippen LogP contribution is -2.37. The van der Waals surface area contributed by atoms with Crippen LogP contribution in [0.25, 0.3) is 0 Å². The largest absolute Gasteiger partial charge is 0.378 e. The molecule has 0 unspecified atom stereocenters. The third-order valence-corrected chi connectivity index (χ3v) is 5.85. The molecule has 0 aliphatic carbocycles. The standard InChI is InChI=1S/C19H31N3O4S/c1-16(2)8-10-22(27(3,24)25)11-9-19(23)20-17-6-4-5-7-18(17)21-12-14-26-15-13-21/h4-7,16H,8-15H2,1-3H3,(H,20,23). The molecule has 0 radical (unpaired) electrons. The number of para-hydroxylation sites is 2. The Morgan fingerprint density at radius 2 is 1.89 bits per heavy atom. The van der Waals surface area contributed by atoms with E-state index in [-0.39, 0.29) is 18.9 Å². The minimum Gasteiger partial charge on any atom is -0.378 e. The Kier molecular flexibility index (Phi) is 8.07. The number of benzene rings is 1. The number of hydrogen-bond acceptors (Lipinski definition) is 5. The molecule has 1 amide bonds. The van der Waals surface area contributed by atoms with E-state index in [0.717, 1.165) is 30.9 Å². The lowest BCUT2D eigenvalue weighted by atomic mass is 10.1. The number of amides is 1. The molecular formula is C19H31N3O4S. The van der Waals surface area contributed by atoms with Crippen LogP contribution in [0.1, 0.15) is 26.7 Å². The third kappa shape index (κ3) is 7.12. The van der Waals surface area contributed by atoms with Crippen molar-refractivity contribution < 1.29 is 17.9 Å². The van der Waals surface area contributed by atoms with Crippen molar-refractivity contribution >= 4 is 27.3 Å². The summed E-state index contributed by atoms with van der Waals surface area (Å²) in [6.45, 7) is 7.63. The predicted octanol–water partition coefficient (Wildman–Crippen LogP) is 2.16. The lowest BCUT2D eigenvalue weighted by molar-refractivity contribution is -0.116. The molecule has 8 heteroatoms. The molecule has 1 N–H and O–H groups in total. The molecule has 1 fully saturated rings. The highest BCUT2D eigenvalue weighted by Gasteiger charge is 2.19. The van der Waals surface area contributed by atoms with Crippen molar-refractivity contribution in [3.8, 4) is 0 Å². The number of carbonyl (C=O) groups is 1. The highest BCUT2D eigenvalue weighted by molar-refractivity contribution is 7.88. The van der Waals surface area contributed by atoms with Gasteiger partial charge >= 0.3 is 0 Å². The maximum atomic E-state index is 12.4. The number of carbonyl (C=O) groups excluding carboxylic acids is 1. The van der Waals surface area contributed by atoms with E-state index in [1.807, 2.05) is 24.3 Å². The molecule has 27 heavy (non-hydrogen) atoms. The second kappa shape index (κ2) is 10.1. The number of sulfonamides is 1. The number of hydrogen-bond donors (Lipinski definition) is 1. The highest BCUT2D eigenvalue weighted by Crippen LogP contribution is 2.26. The Morgan fingerprint density at radius 1 is 1.22 bits per heavy atom. The summed E-state index contributed by atoms with van der Waals surface area (Å²) < 4.78 is 30.7. The summed E-state index contributed by atoms with van der Waals surface area (Å²) in [7, 11) is -3.32. The van der Waals surface area contributed by atoms with E-state index in [9.17, 15) is 13.2 Å². The molecule has 152 valence electrons. The van der Waals surface area contributed by atoms with Crippen LogP contribution in [0.3, 0.4) is 0 Å². The Bertz CT molecular complexity index is 715. The van der Waals surface area contributed by atoms with Gasteiger partial charge in [0.2, 0.25) is 15.9 Å². The number of ether oxygens (including phenoxy) is 1. The third-order valence-electron chi connectivity index (χ3n) is 4.54. The average Bonchev–Trinajstić information content (AvgIpc) is 2.61. The van der Waals surface area contributed by atoms with Crippen LogP contribution in [-0.2, 0) is 19.6 Å². The van der Waals surface area contributed by atoms with Gasteiger partial charge in [-0.1, -0.05) is 26.0 Å². The van der Waals surface area contributed by atoms with E-state index in [1.54, 1.807) is 0 Å². The van der Waals surface area contributed by atoms with Gasteiger partial charge in [-0.2, -0.15) is 0 Å². The van der Waals surface area contributed by atoms with Crippen molar-refractivity contribution in [2.45, 2.75) is 26.7 Å². The fraction of sp³-hybridized carbons (Fsp3) is 0.632. The molecular weight excluding hydrogens is 366 g/mol. The van der Waals surface area contributed by atoms with Gasteiger partial charge in [0.05, 0.1) is 30.8 Å². The van der Waals surface area contributed by atoms with Gasteiger partial charge in [-0.15, -0.1) is 0 Å². The molecule has 1 aromatic rings. The number of nitrogens with one attached hydrogen (secondary N) is 1. The van der Waals surface area contributed by atoms with E-state index in [2.05, 4.69) is 24.1 Å². The summed E-state index contributed by atoms with van der Waals surface area (Å²) >= 11 is 0. The number of morpholine rings is 1. The van der Waals surface area contributed by atoms with E-state index in [0.29, 0.717) is 25.7 Å². The summed E-state index contributed by atoms with van der Waals surface area (Å²) in [5.74, 6) is 0.220. The minimum absolute atomic E-state index is 0.128. The number of nitrogens with zero attached hydrogens (tertiary/aromatic N) is 2. The van der Waals surface area contributed by atoms with E-state index >= 15 is 0 Å². The predicted molar refractivity (Wildman–Crippen MR) is 109 cm³/mol. The first-order valence-corrected chi connectivity index (χ1v) is 11.3. The van der Waals surface area contributed by atoms with Gasteiger partial charge in [-0.25, -0.2) is 12.7 Å². The average molecular weight is 398 g/mol. The summed E-state index contributed by atoms with van der Waals surface area (Å²) in [5.41, 5.74) is 1.71. The molecule has 2 rings (SSSR count). The van der Waals surface area contributed by atoms with Crippen molar-refractivity contribution in [3.63, 3.8) is 0 Å². The molecule has 7 nitrogen and oxygen atoms in total. The van der Waals surface area contributed by atoms with Gasteiger partial charge < -0.3 is 15.0 Å². The Labute approximate surface area is 162 Å².